The third-order valence-electron chi connectivity index (χ3n) is 4.66. The first-order chi connectivity index (χ1) is 9.08. The van der Waals surface area contributed by atoms with Gasteiger partial charge in [-0.2, -0.15) is 0 Å². The maximum absolute atomic E-state index is 3.57. The number of nitrogens with one attached hydrogen (secondary N) is 1. The predicted octanol–water partition coefficient (Wildman–Crippen LogP) is 2.43. The lowest BCUT2D eigenvalue weighted by Crippen LogP contribution is -2.46. The average molecular weight is 269 g/mol. The quantitative estimate of drug-likeness (QED) is 0.716. The van der Waals surface area contributed by atoms with Gasteiger partial charge in [0.1, 0.15) is 0 Å². The van der Waals surface area contributed by atoms with Crippen LogP contribution in [0.2, 0.25) is 0 Å². The monoisotopic (exact) mass is 269 g/mol. The van der Waals surface area contributed by atoms with Crippen LogP contribution in [0.1, 0.15) is 46.0 Å². The van der Waals surface area contributed by atoms with Gasteiger partial charge in [0.25, 0.3) is 0 Å². The number of nitrogens with zero attached hydrogens (tertiary/aromatic N) is 2. The van der Waals surface area contributed by atoms with E-state index in [-0.39, 0.29) is 0 Å². The molecule has 0 radical (unpaired) electrons. The molecule has 0 aromatic carbocycles. The fourth-order valence-corrected chi connectivity index (χ4v) is 3.55. The molecule has 0 saturated heterocycles. The molecule has 3 unspecified atom stereocenters. The Kier molecular flexibility index (Phi) is 7.96. The van der Waals surface area contributed by atoms with Gasteiger partial charge in [-0.15, -0.1) is 0 Å². The molecule has 3 heteroatoms. The van der Waals surface area contributed by atoms with Crippen LogP contribution >= 0.6 is 0 Å². The lowest BCUT2D eigenvalue weighted by Gasteiger charge is -2.35. The van der Waals surface area contributed by atoms with Crippen molar-refractivity contribution in [1.29, 1.82) is 0 Å². The Bertz CT molecular complexity index is 230. The van der Waals surface area contributed by atoms with Crippen LogP contribution in [-0.2, 0) is 0 Å². The summed E-state index contributed by atoms with van der Waals surface area (Å²) in [6, 6.07) is 1.38. The molecule has 0 aromatic rings. The van der Waals surface area contributed by atoms with Gasteiger partial charge in [0.2, 0.25) is 0 Å². The van der Waals surface area contributed by atoms with Crippen molar-refractivity contribution in [2.75, 3.05) is 40.8 Å². The molecule has 1 N–H and O–H groups in total. The molecule has 1 aliphatic carbocycles. The molecule has 19 heavy (non-hydrogen) atoms. The Balaban J connectivity index is 2.56. The van der Waals surface area contributed by atoms with E-state index in [1.807, 2.05) is 0 Å². The molecular formula is C16H35N3. The summed E-state index contributed by atoms with van der Waals surface area (Å²) in [6.07, 6.45) is 7.01. The van der Waals surface area contributed by atoms with Gasteiger partial charge >= 0.3 is 0 Å². The minimum absolute atomic E-state index is 0.653. The Labute approximate surface area is 120 Å². The number of hydrogen-bond acceptors (Lipinski definition) is 3. The van der Waals surface area contributed by atoms with E-state index >= 15 is 0 Å². The van der Waals surface area contributed by atoms with Crippen molar-refractivity contribution < 1.29 is 0 Å². The molecule has 114 valence electrons. The van der Waals surface area contributed by atoms with E-state index in [9.17, 15) is 0 Å². The summed E-state index contributed by atoms with van der Waals surface area (Å²) in [7, 11) is 6.49. The summed E-state index contributed by atoms with van der Waals surface area (Å²) < 4.78 is 0. The molecular weight excluding hydrogens is 234 g/mol. The Morgan fingerprint density at radius 1 is 1.16 bits per heavy atom. The van der Waals surface area contributed by atoms with Crippen molar-refractivity contribution in [2.45, 2.75) is 58.0 Å². The minimum atomic E-state index is 0.653. The van der Waals surface area contributed by atoms with Gasteiger partial charge in [-0.05, 0) is 53.4 Å². The van der Waals surface area contributed by atoms with E-state index in [1.54, 1.807) is 0 Å². The molecule has 0 amide bonds. The van der Waals surface area contributed by atoms with Crippen LogP contribution in [0.5, 0.6) is 0 Å². The Morgan fingerprint density at radius 3 is 2.42 bits per heavy atom. The van der Waals surface area contributed by atoms with E-state index in [4.69, 9.17) is 0 Å². The summed E-state index contributed by atoms with van der Waals surface area (Å²) in [5, 5.41) is 3.57. The van der Waals surface area contributed by atoms with Crippen molar-refractivity contribution in [1.82, 2.24) is 15.1 Å². The second kappa shape index (κ2) is 8.93. The van der Waals surface area contributed by atoms with Crippen LogP contribution < -0.4 is 5.32 Å². The highest BCUT2D eigenvalue weighted by molar-refractivity contribution is 4.82. The predicted molar refractivity (Wildman–Crippen MR) is 84.7 cm³/mol. The van der Waals surface area contributed by atoms with Crippen molar-refractivity contribution in [3.05, 3.63) is 0 Å². The van der Waals surface area contributed by atoms with Crippen LogP contribution in [0.3, 0.4) is 0 Å². The van der Waals surface area contributed by atoms with Gasteiger partial charge in [-0.25, -0.2) is 0 Å². The van der Waals surface area contributed by atoms with Gasteiger partial charge in [0, 0.05) is 25.2 Å². The standard InChI is InChI=1S/C16H35N3/c1-6-19(14(2)12-18(4)5)13-15-10-8-7-9-11-16(15)17-3/h14-17H,6-13H2,1-5H3. The SMILES string of the molecule is CCN(CC1CCCCCC1NC)C(C)CN(C)C. The van der Waals surface area contributed by atoms with Gasteiger partial charge in [-0.1, -0.05) is 26.2 Å². The first-order valence-corrected chi connectivity index (χ1v) is 8.14. The second-order valence-corrected chi connectivity index (χ2v) is 6.49. The maximum atomic E-state index is 3.57. The summed E-state index contributed by atoms with van der Waals surface area (Å²) in [5.41, 5.74) is 0. The first-order valence-electron chi connectivity index (χ1n) is 8.14. The van der Waals surface area contributed by atoms with E-state index < -0.39 is 0 Å². The second-order valence-electron chi connectivity index (χ2n) is 6.49. The molecule has 1 fully saturated rings. The molecule has 1 aliphatic rings. The number of likely N-dealkylation sites (N-methyl/N-ethyl adjacent to an activating group) is 2. The zero-order chi connectivity index (χ0) is 14.3. The summed E-state index contributed by atoms with van der Waals surface area (Å²) in [5.74, 6) is 0.831. The highest BCUT2D eigenvalue weighted by Crippen LogP contribution is 2.24. The molecule has 1 saturated carbocycles. The van der Waals surface area contributed by atoms with E-state index in [1.165, 1.54) is 45.2 Å². The number of rotatable bonds is 7. The van der Waals surface area contributed by atoms with Crippen molar-refractivity contribution in [3.63, 3.8) is 0 Å². The van der Waals surface area contributed by atoms with Gasteiger partial charge in [-0.3, -0.25) is 4.90 Å². The normalized spacial score (nSPS) is 26.7. The first kappa shape index (κ1) is 16.9. The molecule has 0 heterocycles. The topological polar surface area (TPSA) is 18.5 Å². The lowest BCUT2D eigenvalue weighted by atomic mass is 9.93. The summed E-state index contributed by atoms with van der Waals surface area (Å²) in [6.45, 7) is 8.26. The zero-order valence-electron chi connectivity index (χ0n) is 13.8. The third-order valence-corrected chi connectivity index (χ3v) is 4.66. The van der Waals surface area contributed by atoms with Crippen LogP contribution in [0.25, 0.3) is 0 Å². The summed E-state index contributed by atoms with van der Waals surface area (Å²) >= 11 is 0. The van der Waals surface area contributed by atoms with Gasteiger partial charge < -0.3 is 10.2 Å². The van der Waals surface area contributed by atoms with Crippen LogP contribution in [0.15, 0.2) is 0 Å². The maximum Gasteiger partial charge on any atom is 0.0194 e. The largest absolute Gasteiger partial charge is 0.317 e. The minimum Gasteiger partial charge on any atom is -0.317 e. The van der Waals surface area contributed by atoms with Crippen LogP contribution in [0, 0.1) is 5.92 Å². The summed E-state index contributed by atoms with van der Waals surface area (Å²) in [4.78, 5) is 4.97. The molecule has 1 rings (SSSR count). The molecule has 3 atom stereocenters. The highest BCUT2D eigenvalue weighted by atomic mass is 15.2. The van der Waals surface area contributed by atoms with Crippen LogP contribution in [-0.4, -0.2) is 62.7 Å². The van der Waals surface area contributed by atoms with E-state index in [0.717, 1.165) is 18.5 Å². The third kappa shape index (κ3) is 5.80. The van der Waals surface area contributed by atoms with E-state index in [2.05, 4.69) is 50.1 Å². The van der Waals surface area contributed by atoms with Gasteiger partial charge in [0.15, 0.2) is 0 Å². The molecule has 0 spiro atoms. The highest BCUT2D eigenvalue weighted by Gasteiger charge is 2.25. The van der Waals surface area contributed by atoms with Gasteiger partial charge in [0.05, 0.1) is 0 Å². The molecule has 3 nitrogen and oxygen atoms in total. The fourth-order valence-electron chi connectivity index (χ4n) is 3.55. The molecule has 0 aromatic heterocycles. The van der Waals surface area contributed by atoms with Crippen molar-refractivity contribution >= 4 is 0 Å². The fraction of sp³-hybridized carbons (Fsp3) is 1.00. The lowest BCUT2D eigenvalue weighted by molar-refractivity contribution is 0.140. The van der Waals surface area contributed by atoms with E-state index in [0.29, 0.717) is 6.04 Å². The molecule has 0 aliphatic heterocycles. The van der Waals surface area contributed by atoms with Crippen LogP contribution in [0.4, 0.5) is 0 Å². The average Bonchev–Trinajstić information content (AvgIpc) is 2.59. The van der Waals surface area contributed by atoms with Crippen molar-refractivity contribution in [3.8, 4) is 0 Å². The van der Waals surface area contributed by atoms with Crippen molar-refractivity contribution in [2.24, 2.45) is 5.92 Å². The molecule has 0 bridgehead atoms. The number of hydrogen-bond donors (Lipinski definition) is 1. The zero-order valence-corrected chi connectivity index (χ0v) is 13.8. The smallest absolute Gasteiger partial charge is 0.0194 e. The Morgan fingerprint density at radius 2 is 1.84 bits per heavy atom. The Hall–Kier alpha value is -0.120.